The van der Waals surface area contributed by atoms with E-state index in [0.717, 1.165) is 28.1 Å². The largest absolute Gasteiger partial charge is 0.423 e. The van der Waals surface area contributed by atoms with Gasteiger partial charge in [-0.3, -0.25) is 0 Å². The average Bonchev–Trinajstić information content (AvgIpc) is 3.37. The van der Waals surface area contributed by atoms with Crippen LogP contribution in [0.4, 0.5) is 5.82 Å². The van der Waals surface area contributed by atoms with Crippen molar-refractivity contribution in [1.29, 1.82) is 0 Å². The molecule has 1 aromatic heterocycles. The van der Waals surface area contributed by atoms with E-state index in [0.29, 0.717) is 17.1 Å². The maximum atomic E-state index is 12.7. The zero-order valence-corrected chi connectivity index (χ0v) is 21.7. The lowest BCUT2D eigenvalue weighted by molar-refractivity contribution is 0.0734. The molecule has 0 bridgehead atoms. The summed E-state index contributed by atoms with van der Waals surface area (Å²) in [5, 5.41) is 4.81. The smallest absolute Gasteiger partial charge is 0.343 e. The third kappa shape index (κ3) is 5.79. The normalized spacial score (nSPS) is 11.6. The highest BCUT2D eigenvalue weighted by molar-refractivity contribution is 5.91. The van der Waals surface area contributed by atoms with E-state index in [4.69, 9.17) is 14.8 Å². The van der Waals surface area contributed by atoms with E-state index in [1.54, 1.807) is 18.3 Å². The number of ether oxygens (including phenoxy) is 1. The van der Waals surface area contributed by atoms with Crippen LogP contribution in [0.25, 0.3) is 16.9 Å². The lowest BCUT2D eigenvalue weighted by Crippen LogP contribution is -2.13. The summed E-state index contributed by atoms with van der Waals surface area (Å²) in [6.07, 6.45) is 1.75. The van der Waals surface area contributed by atoms with Crippen molar-refractivity contribution in [2.75, 3.05) is 0 Å². The molecule has 5 aromatic rings. The number of carbonyl (C=O) groups excluding carboxylic acids is 1. The fraction of sp³-hybridized carbons (Fsp3) is 0.121. The number of hydrogen-bond donors (Lipinski definition) is 0. The molecule has 5 rings (SSSR count). The fourth-order valence-electron chi connectivity index (χ4n) is 4.04. The number of esters is 1. The lowest BCUT2D eigenvalue weighted by Gasteiger charge is -2.18. The predicted octanol–water partition coefficient (Wildman–Crippen LogP) is 7.81. The van der Waals surface area contributed by atoms with Gasteiger partial charge in [0.25, 0.3) is 0 Å². The first kappa shape index (κ1) is 24.9. The molecule has 5 nitrogen and oxygen atoms in total. The summed E-state index contributed by atoms with van der Waals surface area (Å²) < 4.78 is 7.48. The summed E-state index contributed by atoms with van der Waals surface area (Å²) >= 11 is 0. The highest BCUT2D eigenvalue weighted by Gasteiger charge is 2.15. The molecule has 0 spiro atoms. The van der Waals surface area contributed by atoms with Gasteiger partial charge in [-0.05, 0) is 52.9 Å². The summed E-state index contributed by atoms with van der Waals surface area (Å²) in [6.45, 7) is 6.42. The van der Waals surface area contributed by atoms with Gasteiger partial charge < -0.3 is 4.74 Å². The van der Waals surface area contributed by atoms with Crippen LogP contribution in [-0.4, -0.2) is 22.0 Å². The Hall–Kier alpha value is -4.77. The second kappa shape index (κ2) is 10.7. The highest BCUT2D eigenvalue weighted by Crippen LogP contribution is 2.27. The van der Waals surface area contributed by atoms with Gasteiger partial charge in [0.15, 0.2) is 5.82 Å². The molecular formula is C33H29N3O2. The molecule has 0 aliphatic heterocycles. The molecule has 38 heavy (non-hydrogen) atoms. The third-order valence-corrected chi connectivity index (χ3v) is 6.16. The zero-order valence-electron chi connectivity index (χ0n) is 21.7. The van der Waals surface area contributed by atoms with Crippen LogP contribution in [0, 0.1) is 0 Å². The van der Waals surface area contributed by atoms with Crippen LogP contribution in [0.3, 0.4) is 0 Å². The molecule has 0 saturated carbocycles. The lowest BCUT2D eigenvalue weighted by atomic mass is 9.87. The van der Waals surface area contributed by atoms with E-state index in [1.807, 2.05) is 108 Å². The predicted molar refractivity (Wildman–Crippen MR) is 153 cm³/mol. The topological polar surface area (TPSA) is 56.5 Å². The molecule has 4 aromatic carbocycles. The van der Waals surface area contributed by atoms with Gasteiger partial charge in [-0.15, -0.1) is 0 Å². The molecular weight excluding hydrogens is 470 g/mol. The van der Waals surface area contributed by atoms with Gasteiger partial charge >= 0.3 is 5.97 Å². The molecule has 0 aliphatic carbocycles. The monoisotopic (exact) mass is 499 g/mol. The van der Waals surface area contributed by atoms with Crippen molar-refractivity contribution in [1.82, 2.24) is 9.78 Å². The first-order valence-corrected chi connectivity index (χ1v) is 12.5. The Morgan fingerprint density at radius 1 is 0.816 bits per heavy atom. The maximum absolute atomic E-state index is 12.7. The number of para-hydroxylation sites is 1. The molecule has 0 fully saturated rings. The molecule has 0 saturated heterocycles. The van der Waals surface area contributed by atoms with Gasteiger partial charge in [0.2, 0.25) is 0 Å². The minimum absolute atomic E-state index is 0.0217. The number of benzene rings is 4. The molecule has 0 amide bonds. The van der Waals surface area contributed by atoms with Crippen molar-refractivity contribution in [3.05, 3.63) is 132 Å². The number of aliphatic imine (C=N–C) groups is 1. The van der Waals surface area contributed by atoms with Crippen molar-refractivity contribution >= 4 is 18.0 Å². The van der Waals surface area contributed by atoms with Gasteiger partial charge in [0.1, 0.15) is 5.75 Å². The van der Waals surface area contributed by atoms with E-state index in [9.17, 15) is 4.79 Å². The Bertz CT molecular complexity index is 1560. The Kier molecular flexibility index (Phi) is 7.00. The quantitative estimate of drug-likeness (QED) is 0.136. The minimum Gasteiger partial charge on any atom is -0.423 e. The van der Waals surface area contributed by atoms with Crippen LogP contribution in [0.2, 0.25) is 0 Å². The van der Waals surface area contributed by atoms with Crippen LogP contribution >= 0.6 is 0 Å². The van der Waals surface area contributed by atoms with E-state index in [2.05, 4.69) is 20.8 Å². The summed E-state index contributed by atoms with van der Waals surface area (Å²) in [4.78, 5) is 17.5. The van der Waals surface area contributed by atoms with E-state index >= 15 is 0 Å². The number of carbonyl (C=O) groups is 1. The first-order chi connectivity index (χ1) is 18.4. The maximum Gasteiger partial charge on any atom is 0.343 e. The molecule has 0 atom stereocenters. The molecule has 1 heterocycles. The molecule has 0 unspecified atom stereocenters. The number of aromatic nitrogens is 2. The summed E-state index contributed by atoms with van der Waals surface area (Å²) in [7, 11) is 0. The Labute approximate surface area is 223 Å². The fourth-order valence-corrected chi connectivity index (χ4v) is 4.04. The standard InChI is InChI=1S/C33H29N3O2/c1-33(2,3)27-19-17-26(18-20-27)32(37)38-29-16-10-11-24(21-29)23-34-31-22-30(25-12-6-4-7-13-25)35-36(31)28-14-8-5-9-15-28/h4-23H,1-3H3/b34-23+. The third-order valence-electron chi connectivity index (χ3n) is 6.16. The SMILES string of the molecule is CC(C)(C)c1ccc(C(=O)Oc2cccc(/C=N/c3cc(-c4ccccc4)nn3-c3ccccc3)c2)cc1. The van der Waals surface area contributed by atoms with Crippen LogP contribution in [0.15, 0.2) is 120 Å². The van der Waals surface area contributed by atoms with Crippen molar-refractivity contribution in [3.8, 4) is 22.7 Å². The number of rotatable bonds is 6. The van der Waals surface area contributed by atoms with Gasteiger partial charge in [0, 0.05) is 17.8 Å². The zero-order chi connectivity index (χ0) is 26.5. The Morgan fingerprint density at radius 3 is 2.18 bits per heavy atom. The van der Waals surface area contributed by atoms with Crippen LogP contribution in [-0.2, 0) is 5.41 Å². The Morgan fingerprint density at radius 2 is 1.50 bits per heavy atom. The van der Waals surface area contributed by atoms with Crippen molar-refractivity contribution in [2.24, 2.45) is 4.99 Å². The number of hydrogen-bond acceptors (Lipinski definition) is 4. The van der Waals surface area contributed by atoms with E-state index < -0.39 is 5.97 Å². The average molecular weight is 500 g/mol. The summed E-state index contributed by atoms with van der Waals surface area (Å²) in [5.41, 5.74) is 5.27. The van der Waals surface area contributed by atoms with Gasteiger partial charge in [-0.1, -0.05) is 93.6 Å². The van der Waals surface area contributed by atoms with Gasteiger partial charge in [-0.2, -0.15) is 5.10 Å². The molecule has 0 N–H and O–H groups in total. The molecule has 0 aliphatic rings. The van der Waals surface area contributed by atoms with Crippen LogP contribution in [0.5, 0.6) is 5.75 Å². The summed E-state index contributed by atoms with van der Waals surface area (Å²) in [6, 6.07) is 36.8. The first-order valence-electron chi connectivity index (χ1n) is 12.5. The minimum atomic E-state index is -0.394. The van der Waals surface area contributed by atoms with Crippen LogP contribution in [0.1, 0.15) is 42.3 Å². The van der Waals surface area contributed by atoms with Crippen molar-refractivity contribution in [3.63, 3.8) is 0 Å². The highest BCUT2D eigenvalue weighted by atomic mass is 16.5. The number of nitrogens with zero attached hydrogens (tertiary/aromatic N) is 3. The Balaban J connectivity index is 1.38. The molecule has 0 radical (unpaired) electrons. The van der Waals surface area contributed by atoms with Gasteiger partial charge in [0.05, 0.1) is 16.9 Å². The second-order valence-electron chi connectivity index (χ2n) is 10.0. The van der Waals surface area contributed by atoms with E-state index in [-0.39, 0.29) is 5.41 Å². The van der Waals surface area contributed by atoms with Crippen molar-refractivity contribution < 1.29 is 9.53 Å². The second-order valence-corrected chi connectivity index (χ2v) is 10.0. The van der Waals surface area contributed by atoms with E-state index in [1.165, 1.54) is 0 Å². The summed E-state index contributed by atoms with van der Waals surface area (Å²) in [5.74, 6) is 0.756. The molecule has 188 valence electrons. The van der Waals surface area contributed by atoms with Gasteiger partial charge in [-0.25, -0.2) is 14.5 Å². The molecule has 5 heteroatoms. The van der Waals surface area contributed by atoms with Crippen LogP contribution < -0.4 is 4.74 Å². The van der Waals surface area contributed by atoms with Crippen molar-refractivity contribution in [2.45, 2.75) is 26.2 Å².